The van der Waals surface area contributed by atoms with Gasteiger partial charge in [0.05, 0.1) is 6.54 Å². The van der Waals surface area contributed by atoms with E-state index in [1.54, 1.807) is 0 Å². The third-order valence-corrected chi connectivity index (χ3v) is 4.39. The van der Waals surface area contributed by atoms with E-state index < -0.39 is 0 Å². The van der Waals surface area contributed by atoms with Crippen LogP contribution in [0.15, 0.2) is 30.3 Å². The maximum atomic E-state index is 12.3. The van der Waals surface area contributed by atoms with Gasteiger partial charge in [-0.2, -0.15) is 0 Å². The van der Waals surface area contributed by atoms with E-state index in [9.17, 15) is 4.79 Å². The normalized spacial score (nSPS) is 15.5. The number of nitrogens with one attached hydrogen (secondary N) is 1. The van der Waals surface area contributed by atoms with Crippen LogP contribution in [-0.2, 0) is 4.79 Å². The van der Waals surface area contributed by atoms with Gasteiger partial charge < -0.3 is 15.1 Å². The third-order valence-electron chi connectivity index (χ3n) is 4.39. The molecule has 0 saturated carbocycles. The number of rotatable bonds is 5. The molecule has 1 aliphatic rings. The summed E-state index contributed by atoms with van der Waals surface area (Å²) < 4.78 is 0. The summed E-state index contributed by atoms with van der Waals surface area (Å²) >= 11 is 0. The molecule has 0 atom stereocenters. The number of likely N-dealkylation sites (tertiary alicyclic amines) is 1. The summed E-state index contributed by atoms with van der Waals surface area (Å²) in [5.41, 5.74) is 0.994. The average molecular weight is 362 g/mol. The van der Waals surface area contributed by atoms with Gasteiger partial charge in [0.1, 0.15) is 0 Å². The molecule has 1 aromatic rings. The number of halogens is 2. The first-order valence-electron chi connectivity index (χ1n) is 7.86. The van der Waals surface area contributed by atoms with Gasteiger partial charge in [0.15, 0.2) is 0 Å². The molecule has 0 unspecified atom stereocenters. The summed E-state index contributed by atoms with van der Waals surface area (Å²) in [5.74, 6) is 0.168. The van der Waals surface area contributed by atoms with Crippen LogP contribution in [0.3, 0.4) is 0 Å². The Kier molecular flexibility index (Phi) is 10.3. The first-order valence-corrected chi connectivity index (χ1v) is 7.86. The molecule has 1 aromatic carbocycles. The van der Waals surface area contributed by atoms with Gasteiger partial charge in [0.2, 0.25) is 5.91 Å². The van der Waals surface area contributed by atoms with Crippen LogP contribution in [0.1, 0.15) is 26.7 Å². The standard InChI is InChI=1S/C17H27N3O.2ClH/c1-14(2)20-11-9-16(10-12-20)19(3)17(21)13-18-15-7-5-4-6-8-15;;/h4-8,14,16,18H,9-13H2,1-3H3;2*1H. The Labute approximate surface area is 152 Å². The summed E-state index contributed by atoms with van der Waals surface area (Å²) in [5, 5.41) is 3.19. The number of nitrogens with zero attached hydrogens (tertiary/aromatic N) is 2. The highest BCUT2D eigenvalue weighted by Gasteiger charge is 2.25. The lowest BCUT2D eigenvalue weighted by molar-refractivity contribution is -0.131. The molecule has 0 aliphatic carbocycles. The smallest absolute Gasteiger partial charge is 0.241 e. The largest absolute Gasteiger partial charge is 0.376 e. The van der Waals surface area contributed by atoms with E-state index in [2.05, 4.69) is 24.1 Å². The Morgan fingerprint density at radius 3 is 2.30 bits per heavy atom. The Bertz CT molecular complexity index is 448. The van der Waals surface area contributed by atoms with Crippen LogP contribution in [0.5, 0.6) is 0 Å². The molecule has 1 heterocycles. The zero-order valence-corrected chi connectivity index (χ0v) is 15.8. The van der Waals surface area contributed by atoms with Crippen molar-refractivity contribution in [3.05, 3.63) is 30.3 Å². The average Bonchev–Trinajstić information content (AvgIpc) is 2.53. The van der Waals surface area contributed by atoms with Crippen molar-refractivity contribution in [1.29, 1.82) is 0 Å². The lowest BCUT2D eigenvalue weighted by Gasteiger charge is -2.38. The summed E-state index contributed by atoms with van der Waals surface area (Å²) in [4.78, 5) is 16.7. The molecule has 1 aliphatic heterocycles. The van der Waals surface area contributed by atoms with E-state index in [0.29, 0.717) is 18.6 Å². The SMILES string of the molecule is CC(C)N1CCC(N(C)C(=O)CNc2ccccc2)CC1.Cl.Cl. The highest BCUT2D eigenvalue weighted by Crippen LogP contribution is 2.17. The summed E-state index contributed by atoms with van der Waals surface area (Å²) in [7, 11) is 1.94. The van der Waals surface area contributed by atoms with E-state index >= 15 is 0 Å². The van der Waals surface area contributed by atoms with Crippen LogP contribution < -0.4 is 5.32 Å². The number of carbonyl (C=O) groups excluding carboxylic acids is 1. The van der Waals surface area contributed by atoms with Crippen molar-refractivity contribution in [2.75, 3.05) is 32.0 Å². The van der Waals surface area contributed by atoms with E-state index in [0.717, 1.165) is 31.6 Å². The van der Waals surface area contributed by atoms with E-state index in [4.69, 9.17) is 0 Å². The van der Waals surface area contributed by atoms with Crippen molar-refractivity contribution < 1.29 is 4.79 Å². The van der Waals surface area contributed by atoms with Crippen molar-refractivity contribution in [1.82, 2.24) is 9.80 Å². The number of hydrogen-bond donors (Lipinski definition) is 1. The number of likely N-dealkylation sites (N-methyl/N-ethyl adjacent to an activating group) is 1. The van der Waals surface area contributed by atoms with Gasteiger partial charge in [-0.3, -0.25) is 4.79 Å². The van der Waals surface area contributed by atoms with Crippen molar-refractivity contribution >= 4 is 36.4 Å². The Balaban J connectivity index is 0.00000242. The third kappa shape index (κ3) is 6.58. The monoisotopic (exact) mass is 361 g/mol. The first-order chi connectivity index (χ1) is 10.1. The molecule has 6 heteroatoms. The van der Waals surface area contributed by atoms with Crippen molar-refractivity contribution in [2.24, 2.45) is 0 Å². The molecule has 0 bridgehead atoms. The van der Waals surface area contributed by atoms with Crippen LogP contribution in [-0.4, -0.2) is 54.5 Å². The molecule has 0 spiro atoms. The predicted molar refractivity (Wildman–Crippen MR) is 102 cm³/mol. The fraction of sp³-hybridized carbons (Fsp3) is 0.588. The zero-order chi connectivity index (χ0) is 15.2. The zero-order valence-electron chi connectivity index (χ0n) is 14.2. The Morgan fingerprint density at radius 1 is 1.22 bits per heavy atom. The van der Waals surface area contributed by atoms with Crippen molar-refractivity contribution in [3.63, 3.8) is 0 Å². The molecule has 1 fully saturated rings. The quantitative estimate of drug-likeness (QED) is 0.873. The number of amides is 1. The number of benzene rings is 1. The fourth-order valence-electron chi connectivity index (χ4n) is 2.85. The second-order valence-electron chi connectivity index (χ2n) is 6.09. The minimum atomic E-state index is 0. The molecule has 0 aromatic heterocycles. The lowest BCUT2D eigenvalue weighted by Crippen LogP contribution is -2.48. The minimum absolute atomic E-state index is 0. The van der Waals surface area contributed by atoms with Crippen LogP contribution >= 0.6 is 24.8 Å². The van der Waals surface area contributed by atoms with Crippen LogP contribution in [0.25, 0.3) is 0 Å². The van der Waals surface area contributed by atoms with Gasteiger partial charge >= 0.3 is 0 Å². The van der Waals surface area contributed by atoms with Gasteiger partial charge in [-0.05, 0) is 38.8 Å². The number of carbonyl (C=O) groups is 1. The first kappa shape index (κ1) is 22.0. The van der Waals surface area contributed by atoms with Crippen LogP contribution in [0.2, 0.25) is 0 Å². The number of anilines is 1. The van der Waals surface area contributed by atoms with Crippen LogP contribution in [0, 0.1) is 0 Å². The second kappa shape index (κ2) is 10.7. The molecule has 1 saturated heterocycles. The number of piperidine rings is 1. The van der Waals surface area contributed by atoms with Gasteiger partial charge in [-0.25, -0.2) is 0 Å². The molecule has 1 amide bonds. The van der Waals surface area contributed by atoms with Crippen LogP contribution in [0.4, 0.5) is 5.69 Å². The molecule has 23 heavy (non-hydrogen) atoms. The minimum Gasteiger partial charge on any atom is -0.376 e. The molecule has 0 radical (unpaired) electrons. The maximum absolute atomic E-state index is 12.3. The summed E-state index contributed by atoms with van der Waals surface area (Å²) in [6.45, 7) is 7.01. The Hall–Kier alpha value is -0.970. The molecule has 4 nitrogen and oxygen atoms in total. The molecule has 132 valence electrons. The lowest BCUT2D eigenvalue weighted by atomic mass is 10.0. The molecule has 2 rings (SSSR count). The Morgan fingerprint density at radius 2 is 1.78 bits per heavy atom. The van der Waals surface area contributed by atoms with Gasteiger partial charge in [0, 0.05) is 37.9 Å². The predicted octanol–water partition coefficient (Wildman–Crippen LogP) is 3.27. The summed E-state index contributed by atoms with van der Waals surface area (Å²) in [6.07, 6.45) is 2.15. The molecular formula is C17H29Cl2N3O. The topological polar surface area (TPSA) is 35.6 Å². The molecular weight excluding hydrogens is 333 g/mol. The van der Waals surface area contributed by atoms with E-state index in [1.807, 2.05) is 42.3 Å². The van der Waals surface area contributed by atoms with Gasteiger partial charge in [0.25, 0.3) is 0 Å². The van der Waals surface area contributed by atoms with Gasteiger partial charge in [-0.15, -0.1) is 24.8 Å². The van der Waals surface area contributed by atoms with Gasteiger partial charge in [-0.1, -0.05) is 18.2 Å². The maximum Gasteiger partial charge on any atom is 0.241 e. The van der Waals surface area contributed by atoms with Crippen molar-refractivity contribution in [2.45, 2.75) is 38.8 Å². The highest BCUT2D eigenvalue weighted by atomic mass is 35.5. The van der Waals surface area contributed by atoms with E-state index in [-0.39, 0.29) is 30.7 Å². The number of hydrogen-bond acceptors (Lipinski definition) is 3. The fourth-order valence-corrected chi connectivity index (χ4v) is 2.85. The highest BCUT2D eigenvalue weighted by molar-refractivity contribution is 5.85. The second-order valence-corrected chi connectivity index (χ2v) is 6.09. The van der Waals surface area contributed by atoms with Crippen molar-refractivity contribution in [3.8, 4) is 0 Å². The molecule has 1 N–H and O–H groups in total. The summed E-state index contributed by atoms with van der Waals surface area (Å²) in [6, 6.07) is 10.9. The van der Waals surface area contributed by atoms with E-state index in [1.165, 1.54) is 0 Å². The number of para-hydroxylation sites is 1.